The SMILES string of the molecule is Cc1ccc(CN(C)c2ccc(CCN)cn2)cc1. The van der Waals surface area contributed by atoms with Gasteiger partial charge in [-0.25, -0.2) is 4.98 Å². The number of aryl methyl sites for hydroxylation is 1. The highest BCUT2D eigenvalue weighted by Gasteiger charge is 2.03. The zero-order valence-electron chi connectivity index (χ0n) is 11.6. The van der Waals surface area contributed by atoms with Gasteiger partial charge < -0.3 is 10.6 Å². The van der Waals surface area contributed by atoms with Gasteiger partial charge in [0.15, 0.2) is 0 Å². The van der Waals surface area contributed by atoms with Crippen LogP contribution in [0.4, 0.5) is 5.82 Å². The standard InChI is InChI=1S/C16H21N3/c1-13-3-5-15(6-4-13)12-19(2)16-8-7-14(9-10-17)11-18-16/h3-8,11H,9-10,12,17H2,1-2H3. The molecule has 3 heteroatoms. The van der Waals surface area contributed by atoms with Crippen molar-refractivity contribution < 1.29 is 0 Å². The molecule has 0 saturated carbocycles. The fourth-order valence-electron chi connectivity index (χ4n) is 2.01. The first-order valence-electron chi connectivity index (χ1n) is 6.60. The Balaban J connectivity index is 2.02. The van der Waals surface area contributed by atoms with Gasteiger partial charge in [-0.05, 0) is 37.1 Å². The minimum atomic E-state index is 0.667. The summed E-state index contributed by atoms with van der Waals surface area (Å²) in [7, 11) is 2.06. The summed E-state index contributed by atoms with van der Waals surface area (Å²) >= 11 is 0. The van der Waals surface area contributed by atoms with Gasteiger partial charge >= 0.3 is 0 Å². The van der Waals surface area contributed by atoms with E-state index in [0.29, 0.717) is 6.54 Å². The van der Waals surface area contributed by atoms with E-state index in [4.69, 9.17) is 5.73 Å². The molecule has 2 rings (SSSR count). The minimum Gasteiger partial charge on any atom is -0.355 e. The number of pyridine rings is 1. The third-order valence-electron chi connectivity index (χ3n) is 3.17. The lowest BCUT2D eigenvalue weighted by Gasteiger charge is -2.18. The van der Waals surface area contributed by atoms with Gasteiger partial charge in [0.2, 0.25) is 0 Å². The fraction of sp³-hybridized carbons (Fsp3) is 0.312. The quantitative estimate of drug-likeness (QED) is 0.892. The average molecular weight is 255 g/mol. The van der Waals surface area contributed by atoms with Gasteiger partial charge in [0.25, 0.3) is 0 Å². The third-order valence-corrected chi connectivity index (χ3v) is 3.17. The maximum Gasteiger partial charge on any atom is 0.128 e. The molecule has 3 nitrogen and oxygen atoms in total. The molecule has 1 aromatic heterocycles. The molecule has 0 aliphatic heterocycles. The summed E-state index contributed by atoms with van der Waals surface area (Å²) in [4.78, 5) is 6.63. The van der Waals surface area contributed by atoms with Crippen LogP contribution in [-0.2, 0) is 13.0 Å². The van der Waals surface area contributed by atoms with Crippen molar-refractivity contribution in [2.45, 2.75) is 19.9 Å². The van der Waals surface area contributed by atoms with Gasteiger partial charge in [0.1, 0.15) is 5.82 Å². The molecule has 1 aromatic carbocycles. The van der Waals surface area contributed by atoms with Gasteiger partial charge in [-0.15, -0.1) is 0 Å². The monoisotopic (exact) mass is 255 g/mol. The van der Waals surface area contributed by atoms with E-state index in [1.807, 2.05) is 6.20 Å². The Morgan fingerprint density at radius 3 is 2.32 bits per heavy atom. The number of rotatable bonds is 5. The summed E-state index contributed by atoms with van der Waals surface area (Å²) in [6, 6.07) is 12.8. The highest BCUT2D eigenvalue weighted by Crippen LogP contribution is 2.13. The summed E-state index contributed by atoms with van der Waals surface area (Å²) in [5, 5.41) is 0. The molecule has 100 valence electrons. The van der Waals surface area contributed by atoms with Crippen LogP contribution in [0.5, 0.6) is 0 Å². The van der Waals surface area contributed by atoms with Crippen LogP contribution in [-0.4, -0.2) is 18.6 Å². The van der Waals surface area contributed by atoms with E-state index in [-0.39, 0.29) is 0 Å². The van der Waals surface area contributed by atoms with Crippen LogP contribution in [0.15, 0.2) is 42.6 Å². The molecule has 0 atom stereocenters. The largest absolute Gasteiger partial charge is 0.355 e. The van der Waals surface area contributed by atoms with Crippen LogP contribution in [0.3, 0.4) is 0 Å². The van der Waals surface area contributed by atoms with Crippen LogP contribution < -0.4 is 10.6 Å². The molecule has 2 N–H and O–H groups in total. The van der Waals surface area contributed by atoms with E-state index in [9.17, 15) is 0 Å². The zero-order valence-corrected chi connectivity index (χ0v) is 11.6. The predicted octanol–water partition coefficient (Wildman–Crippen LogP) is 2.53. The summed E-state index contributed by atoms with van der Waals surface area (Å²) in [6.07, 6.45) is 2.79. The summed E-state index contributed by atoms with van der Waals surface area (Å²) in [6.45, 7) is 3.63. The van der Waals surface area contributed by atoms with E-state index < -0.39 is 0 Å². The molecule has 0 fully saturated rings. The average Bonchev–Trinajstić information content (AvgIpc) is 2.42. The Hall–Kier alpha value is -1.87. The van der Waals surface area contributed by atoms with Crippen molar-refractivity contribution in [3.8, 4) is 0 Å². The van der Waals surface area contributed by atoms with E-state index in [0.717, 1.165) is 18.8 Å². The van der Waals surface area contributed by atoms with Crippen molar-refractivity contribution in [1.29, 1.82) is 0 Å². The van der Waals surface area contributed by atoms with Crippen molar-refractivity contribution in [1.82, 2.24) is 4.98 Å². The number of anilines is 1. The molecule has 0 aliphatic rings. The second-order valence-electron chi connectivity index (χ2n) is 4.90. The van der Waals surface area contributed by atoms with Gasteiger partial charge in [-0.1, -0.05) is 35.9 Å². The summed E-state index contributed by atoms with van der Waals surface area (Å²) < 4.78 is 0. The van der Waals surface area contributed by atoms with E-state index in [1.54, 1.807) is 0 Å². The van der Waals surface area contributed by atoms with E-state index >= 15 is 0 Å². The van der Waals surface area contributed by atoms with Gasteiger partial charge in [0.05, 0.1) is 0 Å². The number of benzene rings is 1. The lowest BCUT2D eigenvalue weighted by molar-refractivity contribution is 0.889. The molecule has 0 bridgehead atoms. The number of nitrogens with two attached hydrogens (primary N) is 1. The maximum absolute atomic E-state index is 5.53. The molecular formula is C16H21N3. The van der Waals surface area contributed by atoms with Gasteiger partial charge in [-0.3, -0.25) is 0 Å². The second-order valence-corrected chi connectivity index (χ2v) is 4.90. The molecule has 0 aliphatic carbocycles. The highest BCUT2D eigenvalue weighted by molar-refractivity contribution is 5.39. The Morgan fingerprint density at radius 2 is 1.74 bits per heavy atom. The first kappa shape index (κ1) is 13.6. The molecule has 1 heterocycles. The van der Waals surface area contributed by atoms with E-state index in [2.05, 4.69) is 60.3 Å². The Morgan fingerprint density at radius 1 is 1.05 bits per heavy atom. The lowest BCUT2D eigenvalue weighted by Crippen LogP contribution is -2.17. The number of nitrogens with zero attached hydrogens (tertiary/aromatic N) is 2. The number of aromatic nitrogens is 1. The summed E-state index contributed by atoms with van der Waals surface area (Å²) in [5.74, 6) is 0.987. The van der Waals surface area contributed by atoms with Crippen LogP contribution in [0.1, 0.15) is 16.7 Å². The van der Waals surface area contributed by atoms with Crippen LogP contribution >= 0.6 is 0 Å². The third kappa shape index (κ3) is 3.80. The van der Waals surface area contributed by atoms with Crippen molar-refractivity contribution in [2.75, 3.05) is 18.5 Å². The molecule has 19 heavy (non-hydrogen) atoms. The normalized spacial score (nSPS) is 10.5. The van der Waals surface area contributed by atoms with E-state index in [1.165, 1.54) is 16.7 Å². The lowest BCUT2D eigenvalue weighted by atomic mass is 10.1. The van der Waals surface area contributed by atoms with Crippen LogP contribution in [0.2, 0.25) is 0 Å². The maximum atomic E-state index is 5.53. The van der Waals surface area contributed by atoms with Crippen molar-refractivity contribution in [3.05, 3.63) is 59.3 Å². The van der Waals surface area contributed by atoms with Gasteiger partial charge in [-0.2, -0.15) is 0 Å². The first-order chi connectivity index (χ1) is 9.19. The zero-order chi connectivity index (χ0) is 13.7. The predicted molar refractivity (Wildman–Crippen MR) is 80.3 cm³/mol. The van der Waals surface area contributed by atoms with Crippen molar-refractivity contribution >= 4 is 5.82 Å². The van der Waals surface area contributed by atoms with Crippen LogP contribution in [0.25, 0.3) is 0 Å². The van der Waals surface area contributed by atoms with Crippen LogP contribution in [0, 0.1) is 6.92 Å². The smallest absolute Gasteiger partial charge is 0.128 e. The highest BCUT2D eigenvalue weighted by atomic mass is 15.2. The molecule has 0 unspecified atom stereocenters. The van der Waals surface area contributed by atoms with Crippen molar-refractivity contribution in [2.24, 2.45) is 5.73 Å². The topological polar surface area (TPSA) is 42.1 Å². The molecule has 0 saturated heterocycles. The Kier molecular flexibility index (Phi) is 4.53. The molecular weight excluding hydrogens is 234 g/mol. The number of hydrogen-bond donors (Lipinski definition) is 1. The first-order valence-corrected chi connectivity index (χ1v) is 6.60. The fourth-order valence-corrected chi connectivity index (χ4v) is 2.01. The number of hydrogen-bond acceptors (Lipinski definition) is 3. The van der Waals surface area contributed by atoms with Crippen molar-refractivity contribution in [3.63, 3.8) is 0 Å². The Bertz CT molecular complexity index is 503. The molecule has 0 spiro atoms. The summed E-state index contributed by atoms with van der Waals surface area (Å²) in [5.41, 5.74) is 9.30. The Labute approximate surface area is 115 Å². The van der Waals surface area contributed by atoms with Gasteiger partial charge in [0, 0.05) is 19.8 Å². The molecule has 0 radical (unpaired) electrons. The molecule has 2 aromatic rings. The molecule has 0 amide bonds. The second kappa shape index (κ2) is 6.34. The minimum absolute atomic E-state index is 0.667.